The Morgan fingerprint density at radius 3 is 2.39 bits per heavy atom. The number of aliphatic hydroxyl groups is 1. The molecule has 94 valence electrons. The van der Waals surface area contributed by atoms with Gasteiger partial charge in [-0.25, -0.2) is 9.97 Å². The van der Waals surface area contributed by atoms with Gasteiger partial charge in [0, 0.05) is 25.5 Å². The average molecular weight is 243 g/mol. The molecular formula is C14H17N3O. The van der Waals surface area contributed by atoms with E-state index < -0.39 is 0 Å². The molecule has 1 N–H and O–H groups in total. The minimum atomic E-state index is 0.0874. The normalized spacial score (nSPS) is 10.3. The van der Waals surface area contributed by atoms with Crippen LogP contribution in [-0.2, 0) is 6.54 Å². The molecule has 1 heterocycles. The summed E-state index contributed by atoms with van der Waals surface area (Å²) in [4.78, 5) is 10.6. The van der Waals surface area contributed by atoms with E-state index >= 15 is 0 Å². The van der Waals surface area contributed by atoms with Gasteiger partial charge in [-0.15, -0.1) is 0 Å². The second-order valence-electron chi connectivity index (χ2n) is 4.19. The largest absolute Gasteiger partial charge is 0.395 e. The monoisotopic (exact) mass is 243 g/mol. The average Bonchev–Trinajstić information content (AvgIpc) is 2.40. The second-order valence-corrected chi connectivity index (χ2v) is 4.19. The summed E-state index contributed by atoms with van der Waals surface area (Å²) in [7, 11) is 0. The Morgan fingerprint density at radius 2 is 1.78 bits per heavy atom. The van der Waals surface area contributed by atoms with Crippen LogP contribution in [0.25, 0.3) is 0 Å². The van der Waals surface area contributed by atoms with E-state index in [1.807, 2.05) is 30.0 Å². The minimum absolute atomic E-state index is 0.0874. The number of aromatic nitrogens is 2. The Balaban J connectivity index is 2.15. The highest BCUT2D eigenvalue weighted by molar-refractivity contribution is 5.32. The Kier molecular flexibility index (Phi) is 4.25. The maximum absolute atomic E-state index is 9.13. The van der Waals surface area contributed by atoms with Gasteiger partial charge in [0.2, 0.25) is 5.95 Å². The first-order valence-electron chi connectivity index (χ1n) is 5.98. The van der Waals surface area contributed by atoms with Crippen LogP contribution in [0.5, 0.6) is 0 Å². The first kappa shape index (κ1) is 12.5. The number of nitrogens with zero attached hydrogens (tertiary/aromatic N) is 3. The lowest BCUT2D eigenvalue weighted by atomic mass is 10.2. The summed E-state index contributed by atoms with van der Waals surface area (Å²) in [6, 6.07) is 10.1. The highest BCUT2D eigenvalue weighted by Crippen LogP contribution is 2.11. The molecule has 1 aromatic carbocycles. The molecular weight excluding hydrogens is 226 g/mol. The molecule has 0 spiro atoms. The van der Waals surface area contributed by atoms with Crippen LogP contribution in [-0.4, -0.2) is 28.2 Å². The lowest BCUT2D eigenvalue weighted by Gasteiger charge is -2.21. The molecule has 4 heteroatoms. The van der Waals surface area contributed by atoms with Crippen LogP contribution < -0.4 is 4.90 Å². The van der Waals surface area contributed by atoms with E-state index in [-0.39, 0.29) is 6.61 Å². The van der Waals surface area contributed by atoms with Gasteiger partial charge in [-0.3, -0.25) is 0 Å². The van der Waals surface area contributed by atoms with Crippen LogP contribution in [0.3, 0.4) is 0 Å². The van der Waals surface area contributed by atoms with Crippen molar-refractivity contribution in [2.24, 2.45) is 0 Å². The number of anilines is 1. The number of hydrogen-bond donors (Lipinski definition) is 1. The molecule has 0 aliphatic rings. The fourth-order valence-electron chi connectivity index (χ4n) is 1.72. The van der Waals surface area contributed by atoms with Crippen molar-refractivity contribution in [2.75, 3.05) is 18.1 Å². The fourth-order valence-corrected chi connectivity index (χ4v) is 1.72. The zero-order chi connectivity index (χ0) is 12.8. The fraction of sp³-hybridized carbons (Fsp3) is 0.286. The molecule has 0 saturated carbocycles. The summed E-state index contributed by atoms with van der Waals surface area (Å²) < 4.78 is 0. The maximum Gasteiger partial charge on any atom is 0.225 e. The standard InChI is InChI=1S/C14H17N3O/c1-12-9-15-14(16-10-12)17(7-8-18)11-13-5-3-2-4-6-13/h2-6,9-10,18H,7-8,11H2,1H3. The molecule has 0 amide bonds. The highest BCUT2D eigenvalue weighted by Gasteiger charge is 2.09. The van der Waals surface area contributed by atoms with Crippen molar-refractivity contribution in [1.29, 1.82) is 0 Å². The molecule has 0 aliphatic heterocycles. The third-order valence-electron chi connectivity index (χ3n) is 2.64. The Morgan fingerprint density at radius 1 is 1.11 bits per heavy atom. The van der Waals surface area contributed by atoms with Crippen LogP contribution >= 0.6 is 0 Å². The Labute approximate surface area is 107 Å². The van der Waals surface area contributed by atoms with Gasteiger partial charge in [-0.05, 0) is 18.1 Å². The third-order valence-corrected chi connectivity index (χ3v) is 2.64. The summed E-state index contributed by atoms with van der Waals surface area (Å²) in [5, 5.41) is 9.13. The number of rotatable bonds is 5. The van der Waals surface area contributed by atoms with Crippen LogP contribution in [0.2, 0.25) is 0 Å². The molecule has 0 saturated heterocycles. The quantitative estimate of drug-likeness (QED) is 0.869. The predicted octanol–water partition coefficient (Wildman–Crippen LogP) is 1.78. The molecule has 2 aromatic rings. The van der Waals surface area contributed by atoms with Crippen LogP contribution in [0, 0.1) is 6.92 Å². The van der Waals surface area contributed by atoms with Crippen LogP contribution in [0.1, 0.15) is 11.1 Å². The van der Waals surface area contributed by atoms with Gasteiger partial charge in [0.25, 0.3) is 0 Å². The smallest absolute Gasteiger partial charge is 0.225 e. The van der Waals surface area contributed by atoms with Crippen molar-refractivity contribution < 1.29 is 5.11 Å². The summed E-state index contributed by atoms with van der Waals surface area (Å²) in [5.41, 5.74) is 2.21. The van der Waals surface area contributed by atoms with Gasteiger partial charge in [0.1, 0.15) is 0 Å². The van der Waals surface area contributed by atoms with Crippen molar-refractivity contribution in [3.63, 3.8) is 0 Å². The molecule has 0 aliphatic carbocycles. The van der Waals surface area contributed by atoms with E-state index in [1.165, 1.54) is 5.56 Å². The third kappa shape index (κ3) is 3.28. The van der Waals surface area contributed by atoms with Crippen molar-refractivity contribution >= 4 is 5.95 Å². The van der Waals surface area contributed by atoms with E-state index in [4.69, 9.17) is 5.11 Å². The zero-order valence-corrected chi connectivity index (χ0v) is 10.5. The second kappa shape index (κ2) is 6.12. The molecule has 0 radical (unpaired) electrons. The topological polar surface area (TPSA) is 49.2 Å². The Bertz CT molecular complexity index is 470. The summed E-state index contributed by atoms with van der Waals surface area (Å²) in [6.45, 7) is 3.27. The summed E-state index contributed by atoms with van der Waals surface area (Å²) in [5.74, 6) is 0.651. The molecule has 0 atom stereocenters. The lowest BCUT2D eigenvalue weighted by molar-refractivity contribution is 0.300. The number of aryl methyl sites for hydroxylation is 1. The van der Waals surface area contributed by atoms with Crippen molar-refractivity contribution in [3.05, 3.63) is 53.9 Å². The van der Waals surface area contributed by atoms with E-state index in [0.29, 0.717) is 19.0 Å². The van der Waals surface area contributed by atoms with E-state index in [0.717, 1.165) is 5.56 Å². The first-order valence-corrected chi connectivity index (χ1v) is 5.98. The highest BCUT2D eigenvalue weighted by atomic mass is 16.3. The van der Waals surface area contributed by atoms with Gasteiger partial charge < -0.3 is 10.0 Å². The molecule has 1 aromatic heterocycles. The number of aliphatic hydroxyl groups excluding tert-OH is 1. The van der Waals surface area contributed by atoms with Crippen molar-refractivity contribution in [1.82, 2.24) is 9.97 Å². The van der Waals surface area contributed by atoms with Crippen molar-refractivity contribution in [2.45, 2.75) is 13.5 Å². The first-order chi connectivity index (χ1) is 8.79. The minimum Gasteiger partial charge on any atom is -0.395 e. The van der Waals surface area contributed by atoms with Gasteiger partial charge in [0.05, 0.1) is 6.61 Å². The Hall–Kier alpha value is -1.94. The molecule has 18 heavy (non-hydrogen) atoms. The SMILES string of the molecule is Cc1cnc(N(CCO)Cc2ccccc2)nc1. The van der Waals surface area contributed by atoms with E-state index in [2.05, 4.69) is 22.1 Å². The van der Waals surface area contributed by atoms with Crippen molar-refractivity contribution in [3.8, 4) is 0 Å². The van der Waals surface area contributed by atoms with E-state index in [1.54, 1.807) is 12.4 Å². The van der Waals surface area contributed by atoms with Crippen LogP contribution in [0.4, 0.5) is 5.95 Å². The zero-order valence-electron chi connectivity index (χ0n) is 10.5. The molecule has 4 nitrogen and oxygen atoms in total. The molecule has 0 bridgehead atoms. The summed E-state index contributed by atoms with van der Waals surface area (Å²) in [6.07, 6.45) is 3.58. The van der Waals surface area contributed by atoms with Crippen LogP contribution in [0.15, 0.2) is 42.7 Å². The predicted molar refractivity (Wildman–Crippen MR) is 71.3 cm³/mol. The molecule has 2 rings (SSSR count). The maximum atomic E-state index is 9.13. The number of benzene rings is 1. The lowest BCUT2D eigenvalue weighted by Crippen LogP contribution is -2.27. The van der Waals surface area contributed by atoms with Gasteiger partial charge in [0.15, 0.2) is 0 Å². The molecule has 0 unspecified atom stereocenters. The molecule has 0 fully saturated rings. The summed E-state index contributed by atoms with van der Waals surface area (Å²) >= 11 is 0. The van der Waals surface area contributed by atoms with Gasteiger partial charge >= 0.3 is 0 Å². The van der Waals surface area contributed by atoms with Gasteiger partial charge in [-0.2, -0.15) is 0 Å². The number of hydrogen-bond acceptors (Lipinski definition) is 4. The van der Waals surface area contributed by atoms with Gasteiger partial charge in [-0.1, -0.05) is 30.3 Å². The van der Waals surface area contributed by atoms with E-state index in [9.17, 15) is 0 Å².